The first-order valence-corrected chi connectivity index (χ1v) is 10.5. The van der Waals surface area contributed by atoms with Gasteiger partial charge in [-0.1, -0.05) is 0 Å². The summed E-state index contributed by atoms with van der Waals surface area (Å²) in [4.78, 5) is 15.8. The van der Waals surface area contributed by atoms with Crippen molar-refractivity contribution in [3.63, 3.8) is 0 Å². The highest BCUT2D eigenvalue weighted by Gasteiger charge is 2.03. The third-order valence-electron chi connectivity index (χ3n) is 3.97. The summed E-state index contributed by atoms with van der Waals surface area (Å²) in [6.45, 7) is 7.18. The number of unbranched alkanes of at least 4 members (excludes halogenated alkanes) is 1. The molecule has 0 unspecified atom stereocenters. The van der Waals surface area contributed by atoms with Crippen molar-refractivity contribution in [1.29, 1.82) is 0 Å². The van der Waals surface area contributed by atoms with Crippen LogP contribution >= 0.6 is 24.0 Å². The van der Waals surface area contributed by atoms with Gasteiger partial charge in [-0.25, -0.2) is 0 Å². The summed E-state index contributed by atoms with van der Waals surface area (Å²) >= 11 is 0. The standard InChI is InChI=1S/C22H37N3O5.HI/c1-18(2)30-20-11-9-19(10-12-20)25-22(23-13-6-5-8-21(26)28-4)24-14-7-15-29-17-16-27-3;/h9-12,18H,5-8,13-17H2,1-4H3,(H2,23,24,25);1H. The summed E-state index contributed by atoms with van der Waals surface area (Å²) in [5.41, 5.74) is 0.920. The predicted molar refractivity (Wildman–Crippen MR) is 135 cm³/mol. The van der Waals surface area contributed by atoms with E-state index in [-0.39, 0.29) is 36.0 Å². The van der Waals surface area contributed by atoms with Gasteiger partial charge in [-0.3, -0.25) is 9.79 Å². The smallest absolute Gasteiger partial charge is 0.305 e. The Morgan fingerprint density at radius 1 is 1.03 bits per heavy atom. The van der Waals surface area contributed by atoms with Gasteiger partial charge < -0.3 is 29.6 Å². The number of hydrogen-bond acceptors (Lipinski definition) is 6. The molecule has 0 aliphatic rings. The molecule has 8 nitrogen and oxygen atoms in total. The lowest BCUT2D eigenvalue weighted by atomic mass is 10.2. The molecule has 0 aliphatic heterocycles. The maximum absolute atomic E-state index is 11.2. The first-order valence-electron chi connectivity index (χ1n) is 10.5. The Balaban J connectivity index is 0.00000900. The fourth-order valence-corrected chi connectivity index (χ4v) is 2.47. The SMILES string of the molecule is COCCOCCCN=C(NCCCCC(=O)OC)Nc1ccc(OC(C)C)cc1.I. The van der Waals surface area contributed by atoms with E-state index in [9.17, 15) is 4.79 Å². The zero-order valence-electron chi connectivity index (χ0n) is 19.1. The summed E-state index contributed by atoms with van der Waals surface area (Å²) in [5.74, 6) is 1.35. The molecule has 0 fully saturated rings. The number of carbonyl (C=O) groups excluding carboxylic acids is 1. The molecule has 9 heteroatoms. The largest absolute Gasteiger partial charge is 0.491 e. The molecule has 0 amide bonds. The van der Waals surface area contributed by atoms with Gasteiger partial charge in [0.15, 0.2) is 5.96 Å². The van der Waals surface area contributed by atoms with Crippen molar-refractivity contribution in [2.24, 2.45) is 4.99 Å². The van der Waals surface area contributed by atoms with Crippen LogP contribution in [0.25, 0.3) is 0 Å². The van der Waals surface area contributed by atoms with Gasteiger partial charge in [0.05, 0.1) is 26.4 Å². The molecule has 0 aromatic heterocycles. The topological polar surface area (TPSA) is 90.4 Å². The number of esters is 1. The Morgan fingerprint density at radius 2 is 1.77 bits per heavy atom. The third kappa shape index (κ3) is 15.8. The van der Waals surface area contributed by atoms with Gasteiger partial charge in [0.25, 0.3) is 0 Å². The molecule has 0 bridgehead atoms. The van der Waals surface area contributed by atoms with Gasteiger partial charge >= 0.3 is 5.97 Å². The molecule has 1 aromatic carbocycles. The highest BCUT2D eigenvalue weighted by atomic mass is 127. The Kier molecular flexibility index (Phi) is 18.1. The quantitative estimate of drug-likeness (QED) is 0.113. The molecule has 31 heavy (non-hydrogen) atoms. The predicted octanol–water partition coefficient (Wildman–Crippen LogP) is 3.85. The second-order valence-electron chi connectivity index (χ2n) is 6.97. The fraction of sp³-hybridized carbons (Fsp3) is 0.636. The number of nitrogens with zero attached hydrogens (tertiary/aromatic N) is 1. The number of anilines is 1. The minimum absolute atomic E-state index is 0. The van der Waals surface area contributed by atoms with E-state index in [4.69, 9.17) is 14.2 Å². The van der Waals surface area contributed by atoms with Crippen molar-refractivity contribution in [2.75, 3.05) is 52.4 Å². The number of guanidine groups is 1. The summed E-state index contributed by atoms with van der Waals surface area (Å²) in [6.07, 6.45) is 2.99. The summed E-state index contributed by atoms with van der Waals surface area (Å²) in [7, 11) is 3.07. The molecule has 0 radical (unpaired) electrons. The molecule has 178 valence electrons. The Hall–Kier alpha value is -1.59. The molecular formula is C22H38IN3O5. The van der Waals surface area contributed by atoms with Gasteiger partial charge in [-0.15, -0.1) is 24.0 Å². The van der Waals surface area contributed by atoms with E-state index >= 15 is 0 Å². The number of halogens is 1. The van der Waals surface area contributed by atoms with Gasteiger partial charge in [-0.05, 0) is 57.4 Å². The molecule has 0 atom stereocenters. The summed E-state index contributed by atoms with van der Waals surface area (Å²) in [6, 6.07) is 7.78. The van der Waals surface area contributed by atoms with Crippen LogP contribution in [0, 0.1) is 0 Å². The van der Waals surface area contributed by atoms with Crippen molar-refractivity contribution >= 4 is 41.6 Å². The molecule has 0 saturated heterocycles. The molecular weight excluding hydrogens is 513 g/mol. The van der Waals surface area contributed by atoms with Gasteiger partial charge in [0.1, 0.15) is 5.75 Å². The Bertz CT molecular complexity index is 612. The number of ether oxygens (including phenoxy) is 4. The average molecular weight is 551 g/mol. The van der Waals surface area contributed by atoms with E-state index in [0.717, 1.165) is 30.7 Å². The number of carbonyl (C=O) groups is 1. The van der Waals surface area contributed by atoms with Crippen molar-refractivity contribution in [2.45, 2.75) is 45.6 Å². The highest BCUT2D eigenvalue weighted by molar-refractivity contribution is 14.0. The monoisotopic (exact) mass is 551 g/mol. The lowest BCUT2D eigenvalue weighted by molar-refractivity contribution is -0.140. The summed E-state index contributed by atoms with van der Waals surface area (Å²) in [5, 5.41) is 6.63. The van der Waals surface area contributed by atoms with E-state index in [1.54, 1.807) is 7.11 Å². The minimum Gasteiger partial charge on any atom is -0.491 e. The van der Waals surface area contributed by atoms with Crippen LogP contribution in [0.1, 0.15) is 39.5 Å². The third-order valence-corrected chi connectivity index (χ3v) is 3.97. The molecule has 1 rings (SSSR count). The maximum Gasteiger partial charge on any atom is 0.305 e. The van der Waals surface area contributed by atoms with E-state index in [2.05, 4.69) is 20.4 Å². The van der Waals surface area contributed by atoms with Crippen LogP contribution in [0.5, 0.6) is 5.75 Å². The lowest BCUT2D eigenvalue weighted by Gasteiger charge is -2.14. The Morgan fingerprint density at radius 3 is 2.42 bits per heavy atom. The second kappa shape index (κ2) is 19.1. The van der Waals surface area contributed by atoms with Crippen LogP contribution in [0.2, 0.25) is 0 Å². The van der Waals surface area contributed by atoms with Crippen LogP contribution in [-0.2, 0) is 19.0 Å². The van der Waals surface area contributed by atoms with Crippen LogP contribution < -0.4 is 15.4 Å². The van der Waals surface area contributed by atoms with E-state index in [0.29, 0.717) is 45.3 Å². The summed E-state index contributed by atoms with van der Waals surface area (Å²) < 4.78 is 20.8. The Labute approximate surface area is 203 Å². The number of benzene rings is 1. The number of rotatable bonds is 15. The highest BCUT2D eigenvalue weighted by Crippen LogP contribution is 2.16. The zero-order valence-corrected chi connectivity index (χ0v) is 21.5. The minimum atomic E-state index is -0.181. The van der Waals surface area contributed by atoms with E-state index < -0.39 is 0 Å². The fourth-order valence-electron chi connectivity index (χ4n) is 2.47. The van der Waals surface area contributed by atoms with Crippen molar-refractivity contribution in [1.82, 2.24) is 5.32 Å². The molecule has 0 aliphatic carbocycles. The van der Waals surface area contributed by atoms with Crippen molar-refractivity contribution in [3.8, 4) is 5.75 Å². The molecule has 2 N–H and O–H groups in total. The van der Waals surface area contributed by atoms with Crippen LogP contribution in [0.4, 0.5) is 5.69 Å². The van der Waals surface area contributed by atoms with Gasteiger partial charge in [0, 0.05) is 38.9 Å². The second-order valence-corrected chi connectivity index (χ2v) is 6.97. The van der Waals surface area contributed by atoms with Gasteiger partial charge in [0.2, 0.25) is 0 Å². The van der Waals surface area contributed by atoms with Crippen molar-refractivity contribution in [3.05, 3.63) is 24.3 Å². The maximum atomic E-state index is 11.2. The lowest BCUT2D eigenvalue weighted by Crippen LogP contribution is -2.32. The number of methoxy groups -OCH3 is 2. The molecule has 1 aromatic rings. The number of aliphatic imine (C=N–C) groups is 1. The first-order chi connectivity index (χ1) is 14.5. The van der Waals surface area contributed by atoms with Crippen LogP contribution in [0.3, 0.4) is 0 Å². The van der Waals surface area contributed by atoms with E-state index in [1.807, 2.05) is 38.1 Å². The van der Waals surface area contributed by atoms with E-state index in [1.165, 1.54) is 7.11 Å². The zero-order chi connectivity index (χ0) is 22.0. The molecule has 0 heterocycles. The van der Waals surface area contributed by atoms with Gasteiger partial charge in [-0.2, -0.15) is 0 Å². The van der Waals surface area contributed by atoms with Crippen LogP contribution in [0.15, 0.2) is 29.3 Å². The number of nitrogens with one attached hydrogen (secondary N) is 2. The normalized spacial score (nSPS) is 11.1. The van der Waals surface area contributed by atoms with Crippen molar-refractivity contribution < 1.29 is 23.7 Å². The number of hydrogen-bond donors (Lipinski definition) is 2. The van der Waals surface area contributed by atoms with Crippen LogP contribution in [-0.4, -0.2) is 65.2 Å². The average Bonchev–Trinajstić information content (AvgIpc) is 2.73. The molecule has 0 spiro atoms. The molecule has 0 saturated carbocycles. The first kappa shape index (κ1) is 29.4.